The van der Waals surface area contributed by atoms with E-state index in [9.17, 15) is 4.79 Å². The Kier molecular flexibility index (Phi) is 12.9. The fourth-order valence-corrected chi connectivity index (χ4v) is 5.52. The van der Waals surface area contributed by atoms with E-state index in [-0.39, 0.29) is 5.78 Å². The molecule has 0 aliphatic rings. The first-order valence-corrected chi connectivity index (χ1v) is 15.4. The molecule has 3 aromatic rings. The molecular weight excluding hydrogens is 480 g/mol. The third kappa shape index (κ3) is 9.40. The van der Waals surface area contributed by atoms with E-state index in [1.54, 1.807) is 4.80 Å². The number of Topliss-reactive ketones (excluding diaryl/α,β-unsaturated/α-hetero) is 1. The largest absolute Gasteiger partial charge is 0.298 e. The van der Waals surface area contributed by atoms with Gasteiger partial charge in [0.1, 0.15) is 5.92 Å². The van der Waals surface area contributed by atoms with Crippen LogP contribution < -0.4 is 0 Å². The monoisotopic (exact) mass is 530 g/mol. The number of aromatic nitrogens is 4. The van der Waals surface area contributed by atoms with Crippen LogP contribution >= 0.6 is 0 Å². The van der Waals surface area contributed by atoms with Gasteiger partial charge in [-0.3, -0.25) is 4.79 Å². The van der Waals surface area contributed by atoms with Crippen LogP contribution in [-0.4, -0.2) is 26.0 Å². The topological polar surface area (TPSA) is 60.7 Å². The minimum atomic E-state index is -0.520. The third-order valence-corrected chi connectivity index (χ3v) is 7.74. The first-order valence-electron chi connectivity index (χ1n) is 15.4. The summed E-state index contributed by atoms with van der Waals surface area (Å²) in [5.41, 5.74) is 4.58. The van der Waals surface area contributed by atoms with Crippen molar-refractivity contribution in [3.8, 4) is 0 Å². The number of hydrogen-bond donors (Lipinski definition) is 0. The number of unbranched alkanes of at least 4 members (excludes halogenated alkanes) is 9. The maximum Gasteiger partial charge on any atom is 0.189 e. The standard InChI is InChI=1S/C34H50N4O/c1-6-7-8-9-10-11-12-13-14-18-24-38-36-34(35-37-38)33(28-20-16-15-17-21-28)32(39)25-31-29(26(2)3)22-19-23-30(31)27(4)5/h15-17,19-23,26-27,33H,6-14,18,24-25H2,1-5H3. The predicted molar refractivity (Wildman–Crippen MR) is 161 cm³/mol. The average molecular weight is 531 g/mol. The highest BCUT2D eigenvalue weighted by molar-refractivity contribution is 5.90. The van der Waals surface area contributed by atoms with Crippen molar-refractivity contribution in [2.45, 2.75) is 130 Å². The molecule has 39 heavy (non-hydrogen) atoms. The summed E-state index contributed by atoms with van der Waals surface area (Å²) in [6, 6.07) is 16.4. The van der Waals surface area contributed by atoms with Crippen molar-refractivity contribution in [2.75, 3.05) is 0 Å². The molecule has 0 amide bonds. The first-order chi connectivity index (χ1) is 18.9. The number of carbonyl (C=O) groups excluding carboxylic acids is 1. The first kappa shape index (κ1) is 30.7. The average Bonchev–Trinajstić information content (AvgIpc) is 3.38. The fourth-order valence-electron chi connectivity index (χ4n) is 5.52. The summed E-state index contributed by atoms with van der Waals surface area (Å²) < 4.78 is 0. The van der Waals surface area contributed by atoms with Crippen molar-refractivity contribution in [1.82, 2.24) is 20.2 Å². The number of benzene rings is 2. The SMILES string of the molecule is CCCCCCCCCCCCn1nnc(C(C(=O)Cc2c(C(C)C)cccc2C(C)C)c2ccccc2)n1. The van der Waals surface area contributed by atoms with Crippen molar-refractivity contribution in [1.29, 1.82) is 0 Å². The van der Waals surface area contributed by atoms with E-state index in [1.165, 1.54) is 68.9 Å². The highest BCUT2D eigenvalue weighted by atomic mass is 16.1. The van der Waals surface area contributed by atoms with E-state index in [4.69, 9.17) is 5.10 Å². The van der Waals surface area contributed by atoms with Gasteiger partial charge in [0.05, 0.1) is 6.54 Å². The zero-order chi connectivity index (χ0) is 28.0. The van der Waals surface area contributed by atoms with Crippen molar-refractivity contribution in [3.05, 3.63) is 76.6 Å². The summed E-state index contributed by atoms with van der Waals surface area (Å²) >= 11 is 0. The number of nitrogens with zero attached hydrogens (tertiary/aromatic N) is 4. The molecule has 1 atom stereocenters. The number of tetrazole rings is 1. The van der Waals surface area contributed by atoms with Crippen molar-refractivity contribution in [3.63, 3.8) is 0 Å². The van der Waals surface area contributed by atoms with Crippen LogP contribution in [0.3, 0.4) is 0 Å². The molecule has 0 saturated carbocycles. The highest BCUT2D eigenvalue weighted by Crippen LogP contribution is 2.31. The maximum atomic E-state index is 14.0. The van der Waals surface area contributed by atoms with Crippen LogP contribution in [0, 0.1) is 0 Å². The molecule has 1 heterocycles. The van der Waals surface area contributed by atoms with Crippen molar-refractivity contribution < 1.29 is 4.79 Å². The molecule has 5 nitrogen and oxygen atoms in total. The molecule has 0 radical (unpaired) electrons. The lowest BCUT2D eigenvalue weighted by Gasteiger charge is -2.21. The number of carbonyl (C=O) groups is 1. The fraction of sp³-hybridized carbons (Fsp3) is 0.588. The molecule has 0 aliphatic carbocycles. The van der Waals surface area contributed by atoms with E-state index < -0.39 is 5.92 Å². The lowest BCUT2D eigenvalue weighted by Crippen LogP contribution is -2.20. The van der Waals surface area contributed by atoms with Gasteiger partial charge in [-0.15, -0.1) is 10.2 Å². The van der Waals surface area contributed by atoms with Gasteiger partial charge in [-0.25, -0.2) is 0 Å². The van der Waals surface area contributed by atoms with Gasteiger partial charge < -0.3 is 0 Å². The molecule has 212 valence electrons. The maximum absolute atomic E-state index is 14.0. The molecule has 1 unspecified atom stereocenters. The Morgan fingerprint density at radius 1 is 0.744 bits per heavy atom. The number of rotatable bonds is 18. The molecule has 1 aromatic heterocycles. The van der Waals surface area contributed by atoms with Gasteiger partial charge in [0, 0.05) is 6.42 Å². The summed E-state index contributed by atoms with van der Waals surface area (Å²) in [5, 5.41) is 13.5. The normalized spacial score (nSPS) is 12.4. The van der Waals surface area contributed by atoms with Crippen LogP contribution in [0.25, 0.3) is 0 Å². The second-order valence-corrected chi connectivity index (χ2v) is 11.6. The minimum Gasteiger partial charge on any atom is -0.298 e. The van der Waals surface area contributed by atoms with Crippen molar-refractivity contribution >= 4 is 5.78 Å². The zero-order valence-corrected chi connectivity index (χ0v) is 25.0. The van der Waals surface area contributed by atoms with Crippen molar-refractivity contribution in [2.24, 2.45) is 0 Å². The summed E-state index contributed by atoms with van der Waals surface area (Å²) in [6.45, 7) is 11.8. The molecule has 0 spiro atoms. The molecule has 5 heteroatoms. The molecule has 0 bridgehead atoms. The third-order valence-electron chi connectivity index (χ3n) is 7.74. The van der Waals surface area contributed by atoms with Crippen LogP contribution in [0.5, 0.6) is 0 Å². The van der Waals surface area contributed by atoms with Crippen LogP contribution in [0.2, 0.25) is 0 Å². The van der Waals surface area contributed by atoms with Gasteiger partial charge in [0.2, 0.25) is 0 Å². The Labute approximate surface area is 236 Å². The second-order valence-electron chi connectivity index (χ2n) is 11.6. The van der Waals surface area contributed by atoms with Crippen LogP contribution in [0.4, 0.5) is 0 Å². The Hall–Kier alpha value is -2.82. The lowest BCUT2D eigenvalue weighted by molar-refractivity contribution is -0.119. The smallest absolute Gasteiger partial charge is 0.189 e. The van der Waals surface area contributed by atoms with Gasteiger partial charge in [0.15, 0.2) is 11.6 Å². The lowest BCUT2D eigenvalue weighted by atomic mass is 9.83. The Bertz CT molecular complexity index is 1090. The molecular formula is C34H50N4O. The van der Waals surface area contributed by atoms with E-state index in [2.05, 4.69) is 63.1 Å². The molecule has 2 aromatic carbocycles. The van der Waals surface area contributed by atoms with Gasteiger partial charge in [0.25, 0.3) is 0 Å². The van der Waals surface area contributed by atoms with Crippen LogP contribution in [0.15, 0.2) is 48.5 Å². The number of hydrogen-bond acceptors (Lipinski definition) is 4. The molecule has 0 fully saturated rings. The molecule has 3 rings (SSSR count). The second kappa shape index (κ2) is 16.3. The summed E-state index contributed by atoms with van der Waals surface area (Å²) in [4.78, 5) is 15.7. The van der Waals surface area contributed by atoms with E-state index in [1.807, 2.05) is 30.3 Å². The van der Waals surface area contributed by atoms with Crippen LogP contribution in [-0.2, 0) is 17.8 Å². The van der Waals surface area contributed by atoms with Gasteiger partial charge in [-0.05, 0) is 45.7 Å². The quantitative estimate of drug-likeness (QED) is 0.154. The zero-order valence-electron chi connectivity index (χ0n) is 25.0. The van der Waals surface area contributed by atoms with E-state index in [0.29, 0.717) is 24.1 Å². The van der Waals surface area contributed by atoms with Gasteiger partial charge in [-0.1, -0.05) is 141 Å². The number of ketones is 1. The molecule has 0 N–H and O–H groups in total. The highest BCUT2D eigenvalue weighted by Gasteiger charge is 2.29. The van der Waals surface area contributed by atoms with E-state index >= 15 is 0 Å². The minimum absolute atomic E-state index is 0.120. The summed E-state index contributed by atoms with van der Waals surface area (Å²) in [5.74, 6) is 0.803. The Balaban J connectivity index is 1.66. The Morgan fingerprint density at radius 2 is 1.31 bits per heavy atom. The summed E-state index contributed by atoms with van der Waals surface area (Å²) in [6.07, 6.45) is 13.3. The van der Waals surface area contributed by atoms with Crippen LogP contribution in [0.1, 0.15) is 145 Å². The summed E-state index contributed by atoms with van der Waals surface area (Å²) in [7, 11) is 0. The van der Waals surface area contributed by atoms with Gasteiger partial charge in [-0.2, -0.15) is 4.80 Å². The predicted octanol–water partition coefficient (Wildman–Crippen LogP) is 8.78. The van der Waals surface area contributed by atoms with Gasteiger partial charge >= 0.3 is 0 Å². The molecule has 0 saturated heterocycles. The van der Waals surface area contributed by atoms with E-state index in [0.717, 1.165) is 24.1 Å². The molecule has 0 aliphatic heterocycles. The number of aryl methyl sites for hydroxylation is 1. The Morgan fingerprint density at radius 3 is 1.87 bits per heavy atom.